The van der Waals surface area contributed by atoms with Gasteiger partial charge >= 0.3 is 11.9 Å². The SMILES string of the molecule is CCCCC(C(=O)O)=C(Oc1ccc([N+](=O)[O-])cc1CCCC)C(=O)O. The maximum absolute atomic E-state index is 11.6. The largest absolute Gasteiger partial charge is 0.478 e. The van der Waals surface area contributed by atoms with E-state index in [4.69, 9.17) is 4.74 Å². The van der Waals surface area contributed by atoms with E-state index >= 15 is 0 Å². The summed E-state index contributed by atoms with van der Waals surface area (Å²) in [7, 11) is 0. The van der Waals surface area contributed by atoms with Gasteiger partial charge in [0, 0.05) is 17.7 Å². The number of non-ortho nitro benzene ring substituents is 1. The lowest BCUT2D eigenvalue weighted by Crippen LogP contribution is -2.17. The summed E-state index contributed by atoms with van der Waals surface area (Å²) in [5, 5.41) is 29.7. The molecule has 8 nitrogen and oxygen atoms in total. The number of aryl methyl sites for hydroxylation is 1. The molecule has 0 spiro atoms. The number of hydrogen-bond acceptors (Lipinski definition) is 5. The van der Waals surface area contributed by atoms with Gasteiger partial charge in [-0.05, 0) is 31.7 Å². The van der Waals surface area contributed by atoms with E-state index < -0.39 is 22.6 Å². The first-order valence-electron chi connectivity index (χ1n) is 8.46. The van der Waals surface area contributed by atoms with Gasteiger partial charge in [-0.2, -0.15) is 0 Å². The molecule has 8 heteroatoms. The molecule has 0 radical (unpaired) electrons. The molecule has 0 aromatic heterocycles. The van der Waals surface area contributed by atoms with Crippen LogP contribution in [0, 0.1) is 10.1 Å². The number of ether oxygens (including phenoxy) is 1. The molecule has 1 aromatic rings. The molecule has 0 fully saturated rings. The van der Waals surface area contributed by atoms with Gasteiger partial charge in [0.05, 0.1) is 10.5 Å². The van der Waals surface area contributed by atoms with E-state index in [9.17, 15) is 29.9 Å². The molecule has 0 bridgehead atoms. The van der Waals surface area contributed by atoms with E-state index in [1.807, 2.05) is 13.8 Å². The van der Waals surface area contributed by atoms with Crippen molar-refractivity contribution in [2.75, 3.05) is 0 Å². The number of unbranched alkanes of at least 4 members (excludes halogenated alkanes) is 2. The minimum atomic E-state index is -1.49. The molecule has 0 aliphatic heterocycles. The van der Waals surface area contributed by atoms with Crippen LogP contribution < -0.4 is 4.74 Å². The lowest BCUT2D eigenvalue weighted by molar-refractivity contribution is -0.384. The predicted octanol–water partition coefficient (Wildman–Crippen LogP) is 3.93. The maximum atomic E-state index is 11.6. The summed E-state index contributed by atoms with van der Waals surface area (Å²) >= 11 is 0. The Morgan fingerprint density at radius 1 is 1.12 bits per heavy atom. The van der Waals surface area contributed by atoms with Crippen molar-refractivity contribution in [1.29, 1.82) is 0 Å². The summed E-state index contributed by atoms with van der Waals surface area (Å²) in [6.45, 7) is 3.81. The first-order chi connectivity index (χ1) is 12.3. The molecule has 0 saturated heterocycles. The third-order valence-electron chi connectivity index (χ3n) is 3.77. The molecule has 0 atom stereocenters. The molecule has 1 rings (SSSR count). The van der Waals surface area contributed by atoms with E-state index in [-0.39, 0.29) is 23.4 Å². The fourth-order valence-corrected chi connectivity index (χ4v) is 2.36. The Morgan fingerprint density at radius 3 is 2.27 bits per heavy atom. The van der Waals surface area contributed by atoms with Crippen LogP contribution in [-0.2, 0) is 16.0 Å². The summed E-state index contributed by atoms with van der Waals surface area (Å²) in [5.41, 5.74) is 0.0212. The fourth-order valence-electron chi connectivity index (χ4n) is 2.36. The van der Waals surface area contributed by atoms with Crippen molar-refractivity contribution in [3.63, 3.8) is 0 Å². The van der Waals surface area contributed by atoms with Gasteiger partial charge in [0.15, 0.2) is 0 Å². The molecular weight excluding hydrogens is 342 g/mol. The molecule has 0 amide bonds. The first kappa shape index (κ1) is 21.1. The van der Waals surface area contributed by atoms with E-state index in [2.05, 4.69) is 0 Å². The molecule has 2 N–H and O–H groups in total. The topological polar surface area (TPSA) is 127 Å². The average molecular weight is 365 g/mol. The lowest BCUT2D eigenvalue weighted by atomic mass is 10.1. The second kappa shape index (κ2) is 10.2. The summed E-state index contributed by atoms with van der Waals surface area (Å²) in [6, 6.07) is 3.85. The molecule has 0 saturated carbocycles. The van der Waals surface area contributed by atoms with Crippen molar-refractivity contribution in [2.45, 2.75) is 52.4 Å². The number of hydrogen-bond donors (Lipinski definition) is 2. The minimum Gasteiger partial charge on any atom is -0.478 e. The smallest absolute Gasteiger partial charge is 0.372 e. The van der Waals surface area contributed by atoms with Gasteiger partial charge in [-0.15, -0.1) is 0 Å². The second-order valence-electron chi connectivity index (χ2n) is 5.78. The number of carboxylic acid groups (broad SMARTS) is 2. The fraction of sp³-hybridized carbons (Fsp3) is 0.444. The molecule has 0 unspecified atom stereocenters. The van der Waals surface area contributed by atoms with Crippen LogP contribution in [0.5, 0.6) is 5.75 Å². The van der Waals surface area contributed by atoms with Crippen molar-refractivity contribution < 1.29 is 29.5 Å². The average Bonchev–Trinajstić information content (AvgIpc) is 2.59. The summed E-state index contributed by atoms with van der Waals surface area (Å²) < 4.78 is 5.44. The van der Waals surface area contributed by atoms with Gasteiger partial charge in [0.25, 0.3) is 5.69 Å². The van der Waals surface area contributed by atoms with Gasteiger partial charge in [-0.25, -0.2) is 9.59 Å². The normalized spacial score (nSPS) is 11.6. The van der Waals surface area contributed by atoms with Crippen molar-refractivity contribution in [3.8, 4) is 5.75 Å². The van der Waals surface area contributed by atoms with Crippen LogP contribution in [0.25, 0.3) is 0 Å². The van der Waals surface area contributed by atoms with Crippen LogP contribution in [-0.4, -0.2) is 27.1 Å². The van der Waals surface area contributed by atoms with Crippen LogP contribution in [0.4, 0.5) is 5.69 Å². The number of benzene rings is 1. The number of nitro groups is 1. The highest BCUT2D eigenvalue weighted by Crippen LogP contribution is 2.28. The molecule has 1 aromatic carbocycles. The Bertz CT molecular complexity index is 709. The third kappa shape index (κ3) is 5.87. The zero-order chi connectivity index (χ0) is 19.7. The van der Waals surface area contributed by atoms with Gasteiger partial charge < -0.3 is 14.9 Å². The summed E-state index contributed by atoms with van der Waals surface area (Å²) in [4.78, 5) is 33.4. The van der Waals surface area contributed by atoms with Crippen molar-refractivity contribution in [3.05, 3.63) is 45.2 Å². The summed E-state index contributed by atoms with van der Waals surface area (Å²) in [6.07, 6.45) is 3.28. The Balaban J connectivity index is 3.35. The van der Waals surface area contributed by atoms with E-state index in [0.717, 1.165) is 12.8 Å². The molecule has 0 aliphatic rings. The van der Waals surface area contributed by atoms with Crippen LogP contribution in [0.15, 0.2) is 29.5 Å². The van der Waals surface area contributed by atoms with Crippen LogP contribution >= 0.6 is 0 Å². The second-order valence-corrected chi connectivity index (χ2v) is 5.78. The Morgan fingerprint density at radius 2 is 1.77 bits per heavy atom. The highest BCUT2D eigenvalue weighted by atomic mass is 16.6. The highest BCUT2D eigenvalue weighted by molar-refractivity contribution is 5.97. The lowest BCUT2D eigenvalue weighted by Gasteiger charge is -2.14. The molecule has 0 aliphatic carbocycles. The van der Waals surface area contributed by atoms with Crippen LogP contribution in [0.2, 0.25) is 0 Å². The van der Waals surface area contributed by atoms with E-state index in [0.29, 0.717) is 24.8 Å². The predicted molar refractivity (Wildman–Crippen MR) is 94.2 cm³/mol. The Kier molecular flexibility index (Phi) is 8.27. The Labute approximate surface area is 151 Å². The van der Waals surface area contributed by atoms with Crippen molar-refractivity contribution in [1.82, 2.24) is 0 Å². The molecular formula is C18H23NO7. The number of aliphatic carboxylic acids is 2. The number of carboxylic acids is 2. The number of carbonyl (C=O) groups is 2. The summed E-state index contributed by atoms with van der Waals surface area (Å²) in [5.74, 6) is -3.37. The monoisotopic (exact) mass is 365 g/mol. The molecule has 0 heterocycles. The van der Waals surface area contributed by atoms with Gasteiger partial charge in [-0.3, -0.25) is 10.1 Å². The third-order valence-corrected chi connectivity index (χ3v) is 3.77. The number of rotatable bonds is 11. The zero-order valence-electron chi connectivity index (χ0n) is 14.9. The first-order valence-corrected chi connectivity index (χ1v) is 8.46. The van der Waals surface area contributed by atoms with Gasteiger partial charge in [0.2, 0.25) is 5.76 Å². The Hall–Kier alpha value is -2.90. The maximum Gasteiger partial charge on any atom is 0.372 e. The number of nitro benzene ring substituents is 1. The highest BCUT2D eigenvalue weighted by Gasteiger charge is 2.24. The zero-order valence-corrected chi connectivity index (χ0v) is 14.9. The quantitative estimate of drug-likeness (QED) is 0.263. The van der Waals surface area contributed by atoms with Gasteiger partial charge in [-0.1, -0.05) is 26.7 Å². The van der Waals surface area contributed by atoms with Crippen molar-refractivity contribution >= 4 is 17.6 Å². The van der Waals surface area contributed by atoms with Crippen LogP contribution in [0.3, 0.4) is 0 Å². The minimum absolute atomic E-state index is 0.0603. The molecule has 26 heavy (non-hydrogen) atoms. The van der Waals surface area contributed by atoms with Crippen molar-refractivity contribution in [2.24, 2.45) is 0 Å². The number of nitrogens with zero attached hydrogens (tertiary/aromatic N) is 1. The van der Waals surface area contributed by atoms with E-state index in [1.54, 1.807) is 0 Å². The van der Waals surface area contributed by atoms with Gasteiger partial charge in [0.1, 0.15) is 5.75 Å². The van der Waals surface area contributed by atoms with Crippen LogP contribution in [0.1, 0.15) is 51.5 Å². The van der Waals surface area contributed by atoms with E-state index in [1.165, 1.54) is 18.2 Å². The standard InChI is InChI=1S/C18H23NO7/c1-3-5-7-12-11-13(19(24)25)9-10-15(12)26-16(18(22)23)14(17(20)21)8-6-4-2/h9-11H,3-8H2,1-2H3,(H,20,21)(H,22,23). The molecule has 142 valence electrons.